The number of rotatable bonds is 4. The van der Waals surface area contributed by atoms with E-state index < -0.39 is 5.97 Å². The molecule has 0 saturated carbocycles. The first-order valence-corrected chi connectivity index (χ1v) is 9.90. The van der Waals surface area contributed by atoms with Gasteiger partial charge in [0.05, 0.1) is 11.1 Å². The van der Waals surface area contributed by atoms with Crippen molar-refractivity contribution in [2.24, 2.45) is 0 Å². The van der Waals surface area contributed by atoms with Crippen LogP contribution in [-0.4, -0.2) is 15.6 Å². The number of hydrogen-bond donors (Lipinski definition) is 1. The van der Waals surface area contributed by atoms with Crippen molar-refractivity contribution >= 4 is 38.3 Å². The van der Waals surface area contributed by atoms with Crippen LogP contribution in [0, 0.1) is 0 Å². The molecule has 0 spiro atoms. The number of aromatic carboxylic acids is 1. The number of para-hydroxylation sites is 1. The maximum absolute atomic E-state index is 11.9. The fraction of sp³-hybridized carbons (Fsp3) is 0.0417. The van der Waals surface area contributed by atoms with Crippen LogP contribution in [0.4, 0.5) is 0 Å². The van der Waals surface area contributed by atoms with Gasteiger partial charge < -0.3 is 9.67 Å². The summed E-state index contributed by atoms with van der Waals surface area (Å²) in [6, 6.07) is 26.2. The molecule has 0 aliphatic carbocycles. The number of aromatic nitrogens is 1. The molecule has 28 heavy (non-hydrogen) atoms. The van der Waals surface area contributed by atoms with Crippen LogP contribution in [0.15, 0.2) is 85.1 Å². The number of hydrogen-bond acceptors (Lipinski definition) is 2. The van der Waals surface area contributed by atoms with Crippen LogP contribution in [0.2, 0.25) is 0 Å². The van der Waals surface area contributed by atoms with Crippen LogP contribution in [0.5, 0.6) is 0 Å². The number of thiophene rings is 1. The highest BCUT2D eigenvalue weighted by Crippen LogP contribution is 2.39. The van der Waals surface area contributed by atoms with Gasteiger partial charge in [-0.05, 0) is 29.1 Å². The number of carboxylic acid groups (broad SMARTS) is 1. The first kappa shape index (κ1) is 16.8. The van der Waals surface area contributed by atoms with Crippen LogP contribution in [-0.2, 0) is 6.54 Å². The van der Waals surface area contributed by atoms with E-state index in [1.807, 2.05) is 42.5 Å². The van der Waals surface area contributed by atoms with E-state index in [1.165, 1.54) is 10.1 Å². The van der Waals surface area contributed by atoms with E-state index >= 15 is 0 Å². The van der Waals surface area contributed by atoms with Crippen LogP contribution >= 0.6 is 11.3 Å². The van der Waals surface area contributed by atoms with E-state index in [-0.39, 0.29) is 0 Å². The zero-order valence-corrected chi connectivity index (χ0v) is 15.8. The van der Waals surface area contributed by atoms with Gasteiger partial charge in [0.1, 0.15) is 0 Å². The van der Waals surface area contributed by atoms with Gasteiger partial charge in [0, 0.05) is 33.3 Å². The zero-order valence-electron chi connectivity index (χ0n) is 15.0. The lowest BCUT2D eigenvalue weighted by molar-refractivity contribution is 0.0698. The average Bonchev–Trinajstić information content (AvgIpc) is 3.30. The van der Waals surface area contributed by atoms with Gasteiger partial charge in [0.25, 0.3) is 0 Å². The molecule has 0 bridgehead atoms. The minimum Gasteiger partial charge on any atom is -0.478 e. The highest BCUT2D eigenvalue weighted by atomic mass is 32.1. The first-order chi connectivity index (χ1) is 13.7. The highest BCUT2D eigenvalue weighted by Gasteiger charge is 2.18. The van der Waals surface area contributed by atoms with E-state index in [0.29, 0.717) is 12.1 Å². The summed E-state index contributed by atoms with van der Waals surface area (Å²) in [7, 11) is 0. The summed E-state index contributed by atoms with van der Waals surface area (Å²) >= 11 is 1.74. The summed E-state index contributed by atoms with van der Waals surface area (Å²) < 4.78 is 3.30. The fourth-order valence-corrected chi connectivity index (χ4v) is 4.84. The van der Waals surface area contributed by atoms with Crippen molar-refractivity contribution in [1.82, 2.24) is 4.57 Å². The molecule has 0 saturated heterocycles. The zero-order chi connectivity index (χ0) is 19.1. The Hall–Kier alpha value is -3.37. The molecule has 0 radical (unpaired) electrons. The lowest BCUT2D eigenvalue weighted by Gasteiger charge is -2.07. The molecule has 3 aromatic carbocycles. The Morgan fingerprint density at radius 3 is 2.50 bits per heavy atom. The lowest BCUT2D eigenvalue weighted by Crippen LogP contribution is -2.04. The second kappa shape index (κ2) is 6.66. The van der Waals surface area contributed by atoms with E-state index in [2.05, 4.69) is 41.1 Å². The van der Waals surface area contributed by atoms with E-state index in [9.17, 15) is 9.90 Å². The van der Waals surface area contributed by atoms with E-state index in [0.717, 1.165) is 26.9 Å². The quantitative estimate of drug-likeness (QED) is 0.397. The molecule has 2 aromatic heterocycles. The van der Waals surface area contributed by atoms with Crippen LogP contribution < -0.4 is 0 Å². The minimum atomic E-state index is -0.902. The summed E-state index contributed by atoms with van der Waals surface area (Å²) in [4.78, 5) is 13.0. The topological polar surface area (TPSA) is 42.2 Å². The van der Waals surface area contributed by atoms with Crippen molar-refractivity contribution in [3.8, 4) is 10.4 Å². The van der Waals surface area contributed by atoms with Gasteiger partial charge in [-0.25, -0.2) is 4.79 Å². The molecule has 0 unspecified atom stereocenters. The van der Waals surface area contributed by atoms with Gasteiger partial charge >= 0.3 is 5.97 Å². The Bertz CT molecular complexity index is 1280. The van der Waals surface area contributed by atoms with Gasteiger partial charge in [-0.15, -0.1) is 11.3 Å². The molecule has 3 nitrogen and oxygen atoms in total. The Morgan fingerprint density at radius 1 is 0.929 bits per heavy atom. The van der Waals surface area contributed by atoms with Crippen molar-refractivity contribution in [3.05, 3.63) is 96.2 Å². The molecule has 2 heterocycles. The fourth-order valence-electron chi connectivity index (χ4n) is 3.75. The van der Waals surface area contributed by atoms with Crippen molar-refractivity contribution < 1.29 is 9.90 Å². The Kier molecular flexibility index (Phi) is 3.99. The predicted octanol–water partition coefficient (Wildman–Crippen LogP) is 6.27. The van der Waals surface area contributed by atoms with E-state index in [1.54, 1.807) is 17.4 Å². The van der Waals surface area contributed by atoms with Crippen LogP contribution in [0.25, 0.3) is 31.4 Å². The standard InChI is InChI=1S/C24H17NO2S/c26-24(27)19-11-6-10-18-20(22-13-17-9-4-5-12-21(17)28-22)15-25(23(18)19)14-16-7-2-1-3-8-16/h1-13,15H,14H2,(H,26,27). The molecular weight excluding hydrogens is 366 g/mol. The predicted molar refractivity (Wildman–Crippen MR) is 115 cm³/mol. The van der Waals surface area contributed by atoms with Crippen molar-refractivity contribution in [2.75, 3.05) is 0 Å². The third kappa shape index (κ3) is 2.79. The van der Waals surface area contributed by atoms with Gasteiger partial charge in [0.2, 0.25) is 0 Å². The molecule has 1 N–H and O–H groups in total. The summed E-state index contributed by atoms with van der Waals surface area (Å²) in [5.41, 5.74) is 3.32. The van der Waals surface area contributed by atoms with Gasteiger partial charge in [-0.2, -0.15) is 0 Å². The largest absolute Gasteiger partial charge is 0.478 e. The molecule has 4 heteroatoms. The molecule has 0 aliphatic rings. The Morgan fingerprint density at radius 2 is 1.71 bits per heavy atom. The van der Waals surface area contributed by atoms with Crippen LogP contribution in [0.3, 0.4) is 0 Å². The number of carboxylic acids is 1. The third-order valence-electron chi connectivity index (χ3n) is 5.02. The smallest absolute Gasteiger partial charge is 0.337 e. The molecule has 0 aliphatic heterocycles. The highest BCUT2D eigenvalue weighted by molar-refractivity contribution is 7.22. The van der Waals surface area contributed by atoms with Gasteiger partial charge in [-0.3, -0.25) is 0 Å². The summed E-state index contributed by atoms with van der Waals surface area (Å²) in [5.74, 6) is -0.902. The molecule has 136 valence electrons. The monoisotopic (exact) mass is 383 g/mol. The number of carbonyl (C=O) groups is 1. The van der Waals surface area contributed by atoms with Crippen LogP contribution in [0.1, 0.15) is 15.9 Å². The number of nitrogens with zero attached hydrogens (tertiary/aromatic N) is 1. The normalized spacial score (nSPS) is 11.3. The summed E-state index contributed by atoms with van der Waals surface area (Å²) in [6.45, 7) is 0.631. The van der Waals surface area contributed by atoms with Crippen molar-refractivity contribution in [1.29, 1.82) is 0 Å². The lowest BCUT2D eigenvalue weighted by atomic mass is 10.1. The molecule has 0 atom stereocenters. The van der Waals surface area contributed by atoms with Crippen molar-refractivity contribution in [3.63, 3.8) is 0 Å². The van der Waals surface area contributed by atoms with Crippen molar-refractivity contribution in [2.45, 2.75) is 6.54 Å². The molecule has 0 fully saturated rings. The second-order valence-electron chi connectivity index (χ2n) is 6.81. The first-order valence-electron chi connectivity index (χ1n) is 9.09. The van der Waals surface area contributed by atoms with Gasteiger partial charge in [0.15, 0.2) is 0 Å². The Balaban J connectivity index is 1.76. The molecular formula is C24H17NO2S. The van der Waals surface area contributed by atoms with Gasteiger partial charge in [-0.1, -0.05) is 60.7 Å². The maximum atomic E-state index is 11.9. The molecule has 5 aromatic rings. The Labute approximate surface area is 166 Å². The summed E-state index contributed by atoms with van der Waals surface area (Å²) in [6.07, 6.45) is 2.09. The third-order valence-corrected chi connectivity index (χ3v) is 6.16. The second-order valence-corrected chi connectivity index (χ2v) is 7.90. The average molecular weight is 383 g/mol. The van der Waals surface area contributed by atoms with E-state index in [4.69, 9.17) is 0 Å². The summed E-state index contributed by atoms with van der Waals surface area (Å²) in [5, 5.41) is 11.9. The number of fused-ring (bicyclic) bond motifs is 2. The SMILES string of the molecule is O=C(O)c1cccc2c(-c3cc4ccccc4s3)cn(Cc3ccccc3)c12. The number of benzene rings is 3. The minimum absolute atomic E-state index is 0.334. The maximum Gasteiger partial charge on any atom is 0.337 e. The molecule has 0 amide bonds. The molecule has 5 rings (SSSR count).